The summed E-state index contributed by atoms with van der Waals surface area (Å²) in [4.78, 5) is 26.9. The fourth-order valence-corrected chi connectivity index (χ4v) is 4.87. The Kier molecular flexibility index (Phi) is 6.87. The minimum atomic E-state index is -0.591. The molecule has 178 valence electrons. The number of para-hydroxylation sites is 1. The van der Waals surface area contributed by atoms with E-state index in [9.17, 15) is 14.0 Å². The van der Waals surface area contributed by atoms with Gasteiger partial charge in [0.05, 0.1) is 24.2 Å². The maximum Gasteiger partial charge on any atom is 0.337 e. The van der Waals surface area contributed by atoms with E-state index in [1.54, 1.807) is 26.0 Å². The van der Waals surface area contributed by atoms with Crippen LogP contribution in [0.4, 0.5) is 4.39 Å². The number of nitrogens with one attached hydrogen (secondary N) is 1. The zero-order chi connectivity index (χ0) is 24.4. The Morgan fingerprint density at radius 3 is 2.50 bits per heavy atom. The van der Waals surface area contributed by atoms with Crippen LogP contribution in [0, 0.1) is 5.82 Å². The summed E-state index contributed by atoms with van der Waals surface area (Å²) in [5, 5.41) is 3.34. The number of rotatable bonds is 6. The first kappa shape index (κ1) is 23.7. The molecule has 0 fully saturated rings. The largest absolute Gasteiger partial charge is 0.494 e. The van der Waals surface area contributed by atoms with E-state index in [-0.39, 0.29) is 30.0 Å². The zero-order valence-corrected chi connectivity index (χ0v) is 20.0. The molecule has 2 aromatic carbocycles. The Morgan fingerprint density at radius 1 is 1.12 bits per heavy atom. The molecule has 0 radical (unpaired) electrons. The van der Waals surface area contributed by atoms with Crippen LogP contribution in [0.25, 0.3) is 0 Å². The Balaban J connectivity index is 1.82. The van der Waals surface area contributed by atoms with Gasteiger partial charge in [0.2, 0.25) is 0 Å². The first-order valence-corrected chi connectivity index (χ1v) is 11.7. The average molecular weight is 464 g/mol. The molecule has 1 N–H and O–H groups in total. The second-order valence-electron chi connectivity index (χ2n) is 8.99. The van der Waals surface area contributed by atoms with Crippen LogP contribution in [0.3, 0.4) is 0 Å². The Hall–Kier alpha value is -3.41. The molecule has 1 heterocycles. The van der Waals surface area contributed by atoms with Crippen molar-refractivity contribution in [3.05, 3.63) is 88.0 Å². The molecule has 0 aromatic heterocycles. The summed E-state index contributed by atoms with van der Waals surface area (Å²) in [5.74, 6) is -0.815. The summed E-state index contributed by atoms with van der Waals surface area (Å²) in [6, 6.07) is 13.8. The van der Waals surface area contributed by atoms with Crippen LogP contribution in [0.5, 0.6) is 5.75 Å². The topological polar surface area (TPSA) is 64.6 Å². The summed E-state index contributed by atoms with van der Waals surface area (Å²) in [5.41, 5.74) is 4.14. The third-order valence-corrected chi connectivity index (χ3v) is 6.26. The van der Waals surface area contributed by atoms with Crippen molar-refractivity contribution in [1.29, 1.82) is 0 Å². The molecular formula is C28H30FNO4. The number of Topliss-reactive ketones (excluding diaryl/α,β-unsaturated/α-hetero) is 1. The number of carbonyl (C=O) groups is 2. The number of benzene rings is 2. The van der Waals surface area contributed by atoms with E-state index in [1.165, 1.54) is 12.1 Å². The molecular weight excluding hydrogens is 433 g/mol. The van der Waals surface area contributed by atoms with Crippen LogP contribution < -0.4 is 10.1 Å². The SMILES string of the molecule is CCOc1ccccc1[C@H]1C(C(=O)OC(C)C)=C(C)NC2=C1C(=O)C[C@@H](c1ccc(F)cc1)C2. The van der Waals surface area contributed by atoms with E-state index in [0.717, 1.165) is 16.8 Å². The van der Waals surface area contributed by atoms with Gasteiger partial charge in [-0.1, -0.05) is 30.3 Å². The van der Waals surface area contributed by atoms with Crippen molar-refractivity contribution < 1.29 is 23.5 Å². The fourth-order valence-electron chi connectivity index (χ4n) is 4.87. The molecule has 1 aliphatic heterocycles. The highest BCUT2D eigenvalue weighted by atomic mass is 19.1. The van der Waals surface area contributed by atoms with Crippen LogP contribution in [0.2, 0.25) is 0 Å². The summed E-state index contributed by atoms with van der Waals surface area (Å²) < 4.78 is 24.9. The van der Waals surface area contributed by atoms with Gasteiger partial charge >= 0.3 is 5.97 Å². The molecule has 0 unspecified atom stereocenters. The van der Waals surface area contributed by atoms with Gasteiger partial charge in [-0.25, -0.2) is 9.18 Å². The van der Waals surface area contributed by atoms with E-state index >= 15 is 0 Å². The molecule has 1 aliphatic carbocycles. The van der Waals surface area contributed by atoms with E-state index < -0.39 is 11.9 Å². The Labute approximate surface area is 199 Å². The smallest absolute Gasteiger partial charge is 0.337 e. The average Bonchev–Trinajstić information content (AvgIpc) is 2.78. The lowest BCUT2D eigenvalue weighted by Gasteiger charge is -2.37. The summed E-state index contributed by atoms with van der Waals surface area (Å²) in [6.45, 7) is 7.80. The van der Waals surface area contributed by atoms with Gasteiger partial charge in [0.15, 0.2) is 5.78 Å². The monoisotopic (exact) mass is 463 g/mol. The summed E-state index contributed by atoms with van der Waals surface area (Å²) >= 11 is 0. The lowest BCUT2D eigenvalue weighted by molar-refractivity contribution is -0.143. The molecule has 2 aromatic rings. The number of dihydropyridines is 1. The number of halogens is 1. The fraction of sp³-hybridized carbons (Fsp3) is 0.357. The van der Waals surface area contributed by atoms with Gasteiger partial charge in [-0.2, -0.15) is 0 Å². The molecule has 5 nitrogen and oxygen atoms in total. The Bertz CT molecular complexity index is 1160. The maximum atomic E-state index is 13.6. The normalized spacial score (nSPS) is 20.2. The van der Waals surface area contributed by atoms with E-state index in [2.05, 4.69) is 5.32 Å². The third kappa shape index (κ3) is 4.63. The number of allylic oxidation sites excluding steroid dienone is 3. The molecule has 0 spiro atoms. The lowest BCUT2D eigenvalue weighted by atomic mass is 9.71. The molecule has 4 rings (SSSR count). The molecule has 0 bridgehead atoms. The van der Waals surface area contributed by atoms with Gasteiger partial charge in [-0.3, -0.25) is 4.79 Å². The number of hydrogen-bond donors (Lipinski definition) is 1. The number of ether oxygens (including phenoxy) is 2. The van der Waals surface area contributed by atoms with Gasteiger partial charge in [0.25, 0.3) is 0 Å². The first-order valence-electron chi connectivity index (χ1n) is 11.7. The van der Waals surface area contributed by atoms with E-state index in [1.807, 2.05) is 38.1 Å². The van der Waals surface area contributed by atoms with Crippen molar-refractivity contribution in [3.63, 3.8) is 0 Å². The number of carbonyl (C=O) groups excluding carboxylic acids is 2. The van der Waals surface area contributed by atoms with Crippen LogP contribution >= 0.6 is 0 Å². The quantitative estimate of drug-likeness (QED) is 0.570. The van der Waals surface area contributed by atoms with Gasteiger partial charge in [0, 0.05) is 29.0 Å². The van der Waals surface area contributed by atoms with Crippen LogP contribution in [0.15, 0.2) is 71.1 Å². The number of hydrogen-bond acceptors (Lipinski definition) is 5. The van der Waals surface area contributed by atoms with Crippen LogP contribution in [-0.4, -0.2) is 24.5 Å². The van der Waals surface area contributed by atoms with Gasteiger partial charge in [-0.15, -0.1) is 0 Å². The minimum Gasteiger partial charge on any atom is -0.494 e. The first-order chi connectivity index (χ1) is 16.3. The molecule has 34 heavy (non-hydrogen) atoms. The number of ketones is 1. The molecule has 2 aliphatic rings. The molecule has 0 saturated heterocycles. The van der Waals surface area contributed by atoms with Crippen molar-refractivity contribution in [2.45, 2.75) is 58.5 Å². The number of esters is 1. The summed E-state index contributed by atoms with van der Waals surface area (Å²) in [7, 11) is 0. The van der Waals surface area contributed by atoms with Crippen molar-refractivity contribution in [1.82, 2.24) is 5.32 Å². The van der Waals surface area contributed by atoms with E-state index in [4.69, 9.17) is 9.47 Å². The Morgan fingerprint density at radius 2 is 1.82 bits per heavy atom. The van der Waals surface area contributed by atoms with Crippen molar-refractivity contribution in [2.75, 3.05) is 6.61 Å². The summed E-state index contributed by atoms with van der Waals surface area (Å²) in [6.07, 6.45) is 0.574. The molecule has 0 amide bonds. The predicted octanol–water partition coefficient (Wildman–Crippen LogP) is 5.54. The molecule has 2 atom stereocenters. The standard InChI is InChI=1S/C28H30FNO4/c1-5-33-24-9-7-6-8-21(24)26-25(28(32)34-16(2)3)17(4)30-22-14-19(15-23(31)27(22)26)18-10-12-20(29)13-11-18/h6-13,16,19,26,30H,5,14-15H2,1-4H3/t19-,26-/m0/s1. The highest BCUT2D eigenvalue weighted by Crippen LogP contribution is 2.47. The zero-order valence-electron chi connectivity index (χ0n) is 20.0. The van der Waals surface area contributed by atoms with Gasteiger partial charge in [0.1, 0.15) is 11.6 Å². The van der Waals surface area contributed by atoms with E-state index in [0.29, 0.717) is 35.6 Å². The van der Waals surface area contributed by atoms with Crippen molar-refractivity contribution in [3.8, 4) is 5.75 Å². The second kappa shape index (κ2) is 9.84. The van der Waals surface area contributed by atoms with Crippen molar-refractivity contribution in [2.24, 2.45) is 0 Å². The highest BCUT2D eigenvalue weighted by molar-refractivity contribution is 6.04. The molecule has 0 saturated carbocycles. The van der Waals surface area contributed by atoms with Gasteiger partial charge < -0.3 is 14.8 Å². The lowest BCUT2D eigenvalue weighted by Crippen LogP contribution is -2.36. The second-order valence-corrected chi connectivity index (χ2v) is 8.99. The maximum absolute atomic E-state index is 13.6. The third-order valence-electron chi connectivity index (χ3n) is 6.26. The minimum absolute atomic E-state index is 0.0401. The predicted molar refractivity (Wildman–Crippen MR) is 128 cm³/mol. The molecule has 6 heteroatoms. The van der Waals surface area contributed by atoms with Gasteiger partial charge in [-0.05, 0) is 63.8 Å². The highest BCUT2D eigenvalue weighted by Gasteiger charge is 2.42. The van der Waals surface area contributed by atoms with Crippen LogP contribution in [-0.2, 0) is 14.3 Å². The van der Waals surface area contributed by atoms with Crippen molar-refractivity contribution >= 4 is 11.8 Å². The van der Waals surface area contributed by atoms with Crippen LogP contribution in [0.1, 0.15) is 63.5 Å².